The van der Waals surface area contributed by atoms with E-state index in [4.69, 9.17) is 9.15 Å². The van der Waals surface area contributed by atoms with Crippen LogP contribution in [-0.4, -0.2) is 29.1 Å². The third-order valence-corrected chi connectivity index (χ3v) is 2.94. The molecular formula is C16H21N3O3. The summed E-state index contributed by atoms with van der Waals surface area (Å²) in [6.07, 6.45) is 4.59. The summed E-state index contributed by atoms with van der Waals surface area (Å²) < 4.78 is 11.0. The van der Waals surface area contributed by atoms with Crippen molar-refractivity contribution in [1.29, 1.82) is 0 Å². The van der Waals surface area contributed by atoms with Gasteiger partial charge in [0.2, 0.25) is 0 Å². The highest BCUT2D eigenvalue weighted by Gasteiger charge is 2.19. The Morgan fingerprint density at radius 3 is 2.73 bits per heavy atom. The zero-order valence-corrected chi connectivity index (χ0v) is 13.1. The molecule has 2 heterocycles. The van der Waals surface area contributed by atoms with Crippen LogP contribution in [0.3, 0.4) is 0 Å². The van der Waals surface area contributed by atoms with Crippen molar-refractivity contribution >= 4 is 5.91 Å². The lowest BCUT2D eigenvalue weighted by Crippen LogP contribution is -2.32. The van der Waals surface area contributed by atoms with Crippen LogP contribution in [0.4, 0.5) is 0 Å². The molecule has 2 aromatic heterocycles. The summed E-state index contributed by atoms with van der Waals surface area (Å²) in [5, 5.41) is 2.87. The number of aryl methyl sites for hydroxylation is 1. The molecule has 1 N–H and O–H groups in total. The number of amides is 1. The normalized spacial score (nSPS) is 12.4. The van der Waals surface area contributed by atoms with E-state index >= 15 is 0 Å². The van der Waals surface area contributed by atoms with Crippen LogP contribution in [0, 0.1) is 12.8 Å². The van der Waals surface area contributed by atoms with E-state index < -0.39 is 0 Å². The van der Waals surface area contributed by atoms with Crippen molar-refractivity contribution in [2.45, 2.75) is 26.8 Å². The van der Waals surface area contributed by atoms with E-state index in [2.05, 4.69) is 29.1 Å². The minimum Gasteiger partial charge on any atom is -0.467 e. The Kier molecular flexibility index (Phi) is 5.66. The predicted molar refractivity (Wildman–Crippen MR) is 81.3 cm³/mol. The fourth-order valence-corrected chi connectivity index (χ4v) is 1.85. The highest BCUT2D eigenvalue weighted by Crippen LogP contribution is 2.15. The van der Waals surface area contributed by atoms with Gasteiger partial charge in [-0.1, -0.05) is 13.8 Å². The molecule has 0 saturated heterocycles. The highest BCUT2D eigenvalue weighted by atomic mass is 16.5. The average Bonchev–Trinajstić information content (AvgIpc) is 3.00. The van der Waals surface area contributed by atoms with Crippen molar-refractivity contribution in [3.05, 3.63) is 47.9 Å². The maximum absolute atomic E-state index is 12.2. The quantitative estimate of drug-likeness (QED) is 0.850. The van der Waals surface area contributed by atoms with E-state index in [1.807, 2.05) is 13.0 Å². The molecule has 6 heteroatoms. The van der Waals surface area contributed by atoms with Gasteiger partial charge in [0, 0.05) is 12.8 Å². The van der Waals surface area contributed by atoms with Gasteiger partial charge in [-0.15, -0.1) is 0 Å². The molecule has 118 valence electrons. The molecule has 0 saturated carbocycles. The van der Waals surface area contributed by atoms with Gasteiger partial charge in [-0.3, -0.25) is 9.78 Å². The number of nitrogens with zero attached hydrogens (tertiary/aromatic N) is 2. The van der Waals surface area contributed by atoms with E-state index in [0.717, 1.165) is 5.69 Å². The van der Waals surface area contributed by atoms with Crippen LogP contribution in [0.1, 0.15) is 41.8 Å². The second-order valence-corrected chi connectivity index (χ2v) is 5.52. The summed E-state index contributed by atoms with van der Waals surface area (Å²) in [4.78, 5) is 20.4. The third-order valence-electron chi connectivity index (χ3n) is 2.94. The monoisotopic (exact) mass is 303 g/mol. The third kappa shape index (κ3) is 4.66. The topological polar surface area (TPSA) is 77.2 Å². The first-order chi connectivity index (χ1) is 10.6. The van der Waals surface area contributed by atoms with Crippen molar-refractivity contribution < 1.29 is 13.9 Å². The zero-order chi connectivity index (χ0) is 15.9. The zero-order valence-electron chi connectivity index (χ0n) is 13.1. The summed E-state index contributed by atoms with van der Waals surface area (Å²) >= 11 is 0. The van der Waals surface area contributed by atoms with E-state index in [9.17, 15) is 4.79 Å². The number of furan rings is 1. The minimum atomic E-state index is -0.357. The molecule has 0 aliphatic carbocycles. The van der Waals surface area contributed by atoms with Crippen molar-refractivity contribution in [2.75, 3.05) is 13.2 Å². The lowest BCUT2D eigenvalue weighted by molar-refractivity contribution is 0.0727. The van der Waals surface area contributed by atoms with Gasteiger partial charge in [-0.2, -0.15) is 0 Å². The van der Waals surface area contributed by atoms with Crippen molar-refractivity contribution in [3.63, 3.8) is 0 Å². The number of carbonyl (C=O) groups excluding carboxylic acids is 1. The minimum absolute atomic E-state index is 0.269. The first-order valence-corrected chi connectivity index (χ1v) is 7.27. The van der Waals surface area contributed by atoms with Gasteiger partial charge in [-0.25, -0.2) is 4.98 Å². The summed E-state index contributed by atoms with van der Waals surface area (Å²) in [7, 11) is 0. The molecule has 0 spiro atoms. The largest absolute Gasteiger partial charge is 0.467 e. The molecule has 0 aliphatic heterocycles. The second kappa shape index (κ2) is 7.70. The molecular weight excluding hydrogens is 282 g/mol. The number of aromatic nitrogens is 2. The highest BCUT2D eigenvalue weighted by molar-refractivity contribution is 5.92. The maximum Gasteiger partial charge on any atom is 0.272 e. The number of rotatable bonds is 7. The van der Waals surface area contributed by atoms with Crippen LogP contribution in [0.5, 0.6) is 0 Å². The van der Waals surface area contributed by atoms with Gasteiger partial charge in [0.05, 0.1) is 24.8 Å². The summed E-state index contributed by atoms with van der Waals surface area (Å²) in [6.45, 7) is 6.93. The molecule has 0 aliphatic rings. The van der Waals surface area contributed by atoms with E-state index in [-0.39, 0.29) is 17.6 Å². The van der Waals surface area contributed by atoms with Gasteiger partial charge >= 0.3 is 0 Å². The molecule has 0 radical (unpaired) electrons. The summed E-state index contributed by atoms with van der Waals surface area (Å²) in [5.74, 6) is 0.773. The number of hydrogen-bond donors (Lipinski definition) is 1. The second-order valence-electron chi connectivity index (χ2n) is 5.52. The van der Waals surface area contributed by atoms with E-state index in [1.165, 1.54) is 6.20 Å². The Morgan fingerprint density at radius 1 is 1.32 bits per heavy atom. The lowest BCUT2D eigenvalue weighted by Gasteiger charge is -2.17. The Labute approximate surface area is 129 Å². The van der Waals surface area contributed by atoms with Crippen LogP contribution < -0.4 is 5.32 Å². The van der Waals surface area contributed by atoms with Gasteiger partial charge < -0.3 is 14.5 Å². The summed E-state index contributed by atoms with van der Waals surface area (Å²) in [6, 6.07) is 3.23. The molecule has 1 atom stereocenters. The van der Waals surface area contributed by atoms with Gasteiger partial charge in [0.25, 0.3) is 5.91 Å². The average molecular weight is 303 g/mol. The number of carbonyl (C=O) groups is 1. The number of hydrogen-bond acceptors (Lipinski definition) is 5. The first kappa shape index (κ1) is 16.2. The van der Waals surface area contributed by atoms with Gasteiger partial charge in [-0.05, 0) is 25.0 Å². The van der Waals surface area contributed by atoms with E-state index in [0.29, 0.717) is 24.9 Å². The fraction of sp³-hybridized carbons (Fsp3) is 0.438. The van der Waals surface area contributed by atoms with Crippen LogP contribution in [0.2, 0.25) is 0 Å². The maximum atomic E-state index is 12.2. The van der Waals surface area contributed by atoms with Crippen molar-refractivity contribution in [2.24, 2.45) is 5.92 Å². The molecule has 0 bridgehead atoms. The molecule has 0 unspecified atom stereocenters. The molecule has 2 rings (SSSR count). The summed E-state index contributed by atoms with van der Waals surface area (Å²) in [5.41, 5.74) is 1.03. The van der Waals surface area contributed by atoms with Crippen LogP contribution in [-0.2, 0) is 4.74 Å². The molecule has 2 aromatic rings. The van der Waals surface area contributed by atoms with Gasteiger partial charge in [0.1, 0.15) is 17.5 Å². The standard InChI is InChI=1S/C16H21N3O3/c1-11(2)9-21-10-14(15-5-4-6-22-15)19-16(20)13-8-17-12(3)7-18-13/h4-8,11,14H,9-10H2,1-3H3,(H,19,20)/t14-/m0/s1. The smallest absolute Gasteiger partial charge is 0.272 e. The van der Waals surface area contributed by atoms with Gasteiger partial charge in [0.15, 0.2) is 0 Å². The number of nitrogens with one attached hydrogen (secondary N) is 1. The Hall–Kier alpha value is -2.21. The van der Waals surface area contributed by atoms with E-state index in [1.54, 1.807) is 18.5 Å². The molecule has 22 heavy (non-hydrogen) atoms. The Bertz CT molecular complexity index is 579. The fourth-order valence-electron chi connectivity index (χ4n) is 1.85. The van der Waals surface area contributed by atoms with Crippen molar-refractivity contribution in [1.82, 2.24) is 15.3 Å². The number of ether oxygens (including phenoxy) is 1. The Morgan fingerprint density at radius 2 is 2.14 bits per heavy atom. The lowest BCUT2D eigenvalue weighted by atomic mass is 10.2. The molecule has 6 nitrogen and oxygen atoms in total. The SMILES string of the molecule is Cc1cnc(C(=O)N[C@@H](COCC(C)C)c2ccco2)cn1. The molecule has 1 amide bonds. The molecule has 0 aromatic carbocycles. The molecule has 0 fully saturated rings. The van der Waals surface area contributed by atoms with Crippen LogP contribution in [0.25, 0.3) is 0 Å². The van der Waals surface area contributed by atoms with Crippen LogP contribution >= 0.6 is 0 Å². The Balaban J connectivity index is 2.02. The first-order valence-electron chi connectivity index (χ1n) is 7.27. The van der Waals surface area contributed by atoms with Crippen LogP contribution in [0.15, 0.2) is 35.2 Å². The predicted octanol–water partition coefficient (Wildman–Crippen LogP) is 2.52. The van der Waals surface area contributed by atoms with Crippen molar-refractivity contribution in [3.8, 4) is 0 Å².